The van der Waals surface area contributed by atoms with Crippen LogP contribution in [-0.2, 0) is 16.6 Å². The summed E-state index contributed by atoms with van der Waals surface area (Å²) >= 11 is 0. The Morgan fingerprint density at radius 2 is 2.22 bits per heavy atom. The van der Waals surface area contributed by atoms with Gasteiger partial charge < -0.3 is 5.73 Å². The maximum absolute atomic E-state index is 11.9. The van der Waals surface area contributed by atoms with Crippen molar-refractivity contribution in [2.45, 2.75) is 25.1 Å². The average Bonchev–Trinajstić information content (AvgIpc) is 2.36. The zero-order valence-corrected chi connectivity index (χ0v) is 11.3. The Hall–Kier alpha value is -1.26. The fourth-order valence-corrected chi connectivity index (χ4v) is 3.12. The Labute approximate surface area is 110 Å². The molecule has 0 aliphatic rings. The van der Waals surface area contributed by atoms with Gasteiger partial charge in [-0.1, -0.05) is 12.1 Å². The smallest absolute Gasteiger partial charge is 0.0702 e. The maximum Gasteiger partial charge on any atom is 0.0702 e. The molecule has 2 unspecified atom stereocenters. The summed E-state index contributed by atoms with van der Waals surface area (Å²) in [5, 5.41) is 1.10. The minimum atomic E-state index is -0.835. The first kappa shape index (κ1) is 13.2. The van der Waals surface area contributed by atoms with Crippen LogP contribution in [0, 0.1) is 0 Å². The molecule has 96 valence electrons. The van der Waals surface area contributed by atoms with Crippen LogP contribution in [0.15, 0.2) is 36.5 Å². The normalized spacial score (nSPS) is 14.6. The van der Waals surface area contributed by atoms with Crippen LogP contribution in [0.2, 0.25) is 0 Å². The van der Waals surface area contributed by atoms with Gasteiger partial charge in [-0.05, 0) is 37.1 Å². The predicted octanol–water partition coefficient (Wildman–Crippen LogP) is 2.22. The van der Waals surface area contributed by atoms with Gasteiger partial charge in [0.2, 0.25) is 0 Å². The van der Waals surface area contributed by atoms with Gasteiger partial charge >= 0.3 is 0 Å². The quantitative estimate of drug-likeness (QED) is 0.899. The number of pyridine rings is 1. The van der Waals surface area contributed by atoms with Crippen LogP contribution < -0.4 is 5.73 Å². The molecule has 0 saturated carbocycles. The summed E-state index contributed by atoms with van der Waals surface area (Å²) in [6, 6.07) is 10.1. The average molecular weight is 262 g/mol. The molecule has 1 aromatic carbocycles. The molecule has 3 nitrogen and oxygen atoms in total. The summed E-state index contributed by atoms with van der Waals surface area (Å²) in [6.07, 6.45) is 2.59. The molecule has 0 bridgehead atoms. The molecule has 0 saturated heterocycles. The minimum Gasteiger partial charge on any atom is -0.328 e. The molecule has 0 fully saturated rings. The molecule has 0 aliphatic carbocycles. The zero-order valence-electron chi connectivity index (χ0n) is 10.5. The van der Waals surface area contributed by atoms with E-state index in [4.69, 9.17) is 5.73 Å². The Bertz CT molecular complexity index is 554. The lowest BCUT2D eigenvalue weighted by molar-refractivity contribution is 0.667. The monoisotopic (exact) mass is 262 g/mol. The molecule has 0 spiro atoms. The standard InChI is InChI=1S/C14H18N2OS/c1-11(15)6-8-18(17)10-12-4-5-14-13(9-12)3-2-7-16-14/h2-5,7,9,11H,6,8,10,15H2,1H3. The van der Waals surface area contributed by atoms with Gasteiger partial charge in [-0.3, -0.25) is 9.19 Å². The highest BCUT2D eigenvalue weighted by Crippen LogP contribution is 2.14. The van der Waals surface area contributed by atoms with Gasteiger partial charge in [-0.15, -0.1) is 0 Å². The summed E-state index contributed by atoms with van der Waals surface area (Å²) in [6.45, 7) is 1.94. The van der Waals surface area contributed by atoms with Gasteiger partial charge in [0.25, 0.3) is 0 Å². The van der Waals surface area contributed by atoms with Crippen LogP contribution in [-0.4, -0.2) is 21.0 Å². The summed E-state index contributed by atoms with van der Waals surface area (Å²) in [4.78, 5) is 4.27. The van der Waals surface area contributed by atoms with Crippen LogP contribution in [0.25, 0.3) is 10.9 Å². The molecule has 2 atom stereocenters. The van der Waals surface area contributed by atoms with E-state index in [1.165, 1.54) is 0 Å². The van der Waals surface area contributed by atoms with Crippen LogP contribution >= 0.6 is 0 Å². The third-order valence-electron chi connectivity index (χ3n) is 2.80. The number of nitrogens with zero attached hydrogens (tertiary/aromatic N) is 1. The third-order valence-corrected chi connectivity index (χ3v) is 4.14. The highest BCUT2D eigenvalue weighted by molar-refractivity contribution is 7.84. The number of aromatic nitrogens is 1. The predicted molar refractivity (Wildman–Crippen MR) is 76.7 cm³/mol. The number of fused-ring (bicyclic) bond motifs is 1. The van der Waals surface area contributed by atoms with E-state index in [2.05, 4.69) is 11.1 Å². The molecular formula is C14H18N2OS. The van der Waals surface area contributed by atoms with E-state index in [1.807, 2.05) is 31.2 Å². The molecule has 1 heterocycles. The van der Waals surface area contributed by atoms with Gasteiger partial charge in [0, 0.05) is 39.9 Å². The van der Waals surface area contributed by atoms with E-state index in [0.29, 0.717) is 11.5 Å². The minimum absolute atomic E-state index is 0.120. The van der Waals surface area contributed by atoms with E-state index in [-0.39, 0.29) is 6.04 Å². The summed E-state index contributed by atoms with van der Waals surface area (Å²) in [5.74, 6) is 1.26. The van der Waals surface area contributed by atoms with Gasteiger partial charge in [0.05, 0.1) is 5.52 Å². The lowest BCUT2D eigenvalue weighted by Crippen LogP contribution is -2.18. The van der Waals surface area contributed by atoms with E-state index in [9.17, 15) is 4.21 Å². The van der Waals surface area contributed by atoms with E-state index in [1.54, 1.807) is 6.20 Å². The number of benzene rings is 1. The van der Waals surface area contributed by atoms with Crippen molar-refractivity contribution < 1.29 is 4.21 Å². The summed E-state index contributed by atoms with van der Waals surface area (Å²) < 4.78 is 11.9. The Morgan fingerprint density at radius 3 is 3.00 bits per heavy atom. The zero-order chi connectivity index (χ0) is 13.0. The number of nitrogens with two attached hydrogens (primary N) is 1. The fourth-order valence-electron chi connectivity index (χ4n) is 1.79. The second kappa shape index (κ2) is 6.07. The Balaban J connectivity index is 2.05. The van der Waals surface area contributed by atoms with Crippen molar-refractivity contribution in [1.82, 2.24) is 4.98 Å². The second-order valence-electron chi connectivity index (χ2n) is 4.58. The van der Waals surface area contributed by atoms with Gasteiger partial charge in [0.15, 0.2) is 0 Å². The SMILES string of the molecule is CC(N)CCS(=O)Cc1ccc2ncccc2c1. The van der Waals surface area contributed by atoms with Crippen molar-refractivity contribution in [3.8, 4) is 0 Å². The van der Waals surface area contributed by atoms with E-state index in [0.717, 1.165) is 22.9 Å². The van der Waals surface area contributed by atoms with Crippen LogP contribution in [0.5, 0.6) is 0 Å². The molecule has 2 aromatic rings. The molecule has 2 N–H and O–H groups in total. The molecule has 2 rings (SSSR count). The lowest BCUT2D eigenvalue weighted by atomic mass is 10.1. The molecule has 1 aromatic heterocycles. The molecular weight excluding hydrogens is 244 g/mol. The van der Waals surface area contributed by atoms with Crippen molar-refractivity contribution in [3.05, 3.63) is 42.1 Å². The molecule has 0 amide bonds. The highest BCUT2D eigenvalue weighted by Gasteiger charge is 2.04. The second-order valence-corrected chi connectivity index (χ2v) is 6.16. The molecule has 4 heteroatoms. The summed E-state index contributed by atoms with van der Waals surface area (Å²) in [5.41, 5.74) is 7.74. The first-order valence-electron chi connectivity index (χ1n) is 6.09. The largest absolute Gasteiger partial charge is 0.328 e. The van der Waals surface area contributed by atoms with Crippen LogP contribution in [0.4, 0.5) is 0 Å². The lowest BCUT2D eigenvalue weighted by Gasteiger charge is -2.06. The first-order valence-corrected chi connectivity index (χ1v) is 7.58. The third kappa shape index (κ3) is 3.62. The molecule has 0 aliphatic heterocycles. The molecule has 0 radical (unpaired) electrons. The van der Waals surface area contributed by atoms with Gasteiger partial charge in [0.1, 0.15) is 0 Å². The first-order chi connectivity index (χ1) is 8.65. The van der Waals surface area contributed by atoms with Crippen LogP contribution in [0.3, 0.4) is 0 Å². The Kier molecular flexibility index (Phi) is 4.44. The van der Waals surface area contributed by atoms with E-state index >= 15 is 0 Å². The summed E-state index contributed by atoms with van der Waals surface area (Å²) in [7, 11) is -0.835. The van der Waals surface area contributed by atoms with E-state index < -0.39 is 10.8 Å². The maximum atomic E-state index is 11.9. The van der Waals surface area contributed by atoms with Gasteiger partial charge in [-0.2, -0.15) is 0 Å². The fraction of sp³-hybridized carbons (Fsp3) is 0.357. The Morgan fingerprint density at radius 1 is 1.39 bits per heavy atom. The van der Waals surface area contributed by atoms with Crippen molar-refractivity contribution in [2.75, 3.05) is 5.75 Å². The number of hydrogen-bond donors (Lipinski definition) is 1. The highest BCUT2D eigenvalue weighted by atomic mass is 32.2. The van der Waals surface area contributed by atoms with Crippen molar-refractivity contribution >= 4 is 21.7 Å². The number of rotatable bonds is 5. The van der Waals surface area contributed by atoms with Crippen molar-refractivity contribution in [2.24, 2.45) is 5.73 Å². The molecule has 18 heavy (non-hydrogen) atoms. The van der Waals surface area contributed by atoms with Crippen molar-refractivity contribution in [3.63, 3.8) is 0 Å². The topological polar surface area (TPSA) is 56.0 Å². The number of hydrogen-bond acceptors (Lipinski definition) is 3. The van der Waals surface area contributed by atoms with Gasteiger partial charge in [-0.25, -0.2) is 0 Å². The van der Waals surface area contributed by atoms with Crippen molar-refractivity contribution in [1.29, 1.82) is 0 Å². The van der Waals surface area contributed by atoms with Crippen LogP contribution in [0.1, 0.15) is 18.9 Å².